The van der Waals surface area contributed by atoms with E-state index in [1.165, 1.54) is 0 Å². The molecule has 0 spiro atoms. The van der Waals surface area contributed by atoms with Crippen LogP contribution in [0.25, 0.3) is 0 Å². The Morgan fingerprint density at radius 2 is 1.85 bits per heavy atom. The van der Waals surface area contributed by atoms with Gasteiger partial charge in [0.1, 0.15) is 0 Å². The number of aliphatic hydroxyl groups excluding tert-OH is 2. The maximum Gasteiger partial charge on any atom is 0.0701 e. The van der Waals surface area contributed by atoms with Crippen molar-refractivity contribution in [1.82, 2.24) is 0 Å². The molecule has 0 saturated carbocycles. The average Bonchev–Trinajstić information content (AvgIpc) is 2.15. The van der Waals surface area contributed by atoms with Gasteiger partial charge in [0, 0.05) is 17.8 Å². The van der Waals surface area contributed by atoms with Gasteiger partial charge >= 0.3 is 0 Å². The highest BCUT2D eigenvalue weighted by atomic mass is 16.3. The van der Waals surface area contributed by atoms with Gasteiger partial charge in [0.05, 0.1) is 13.2 Å². The van der Waals surface area contributed by atoms with Crippen LogP contribution in [0.1, 0.15) is 5.56 Å². The molecule has 5 N–H and O–H groups in total. The molecule has 4 heteroatoms. The lowest BCUT2D eigenvalue weighted by Gasteiger charge is -2.08. The number of para-hydroxylation sites is 1. The summed E-state index contributed by atoms with van der Waals surface area (Å²) >= 11 is 0. The van der Waals surface area contributed by atoms with E-state index in [4.69, 9.17) is 10.2 Å². The second-order valence-electron chi connectivity index (χ2n) is 2.47. The highest BCUT2D eigenvalue weighted by Gasteiger charge is 1.97. The van der Waals surface area contributed by atoms with Gasteiger partial charge in [0.25, 0.3) is 0 Å². The van der Waals surface area contributed by atoms with Crippen molar-refractivity contribution in [1.29, 1.82) is 0 Å². The second-order valence-corrected chi connectivity index (χ2v) is 2.47. The summed E-state index contributed by atoms with van der Waals surface area (Å²) in [6.07, 6.45) is 0. The normalized spacial score (nSPS) is 9.08. The van der Waals surface area contributed by atoms with Gasteiger partial charge in [0.2, 0.25) is 0 Å². The Hall–Kier alpha value is -1.10. The van der Waals surface area contributed by atoms with E-state index in [0.717, 1.165) is 11.3 Å². The molecule has 0 radical (unpaired) electrons. The molecular weight excluding hydrogens is 170 g/mol. The van der Waals surface area contributed by atoms with E-state index >= 15 is 0 Å². The highest BCUT2D eigenvalue weighted by molar-refractivity contribution is 5.50. The highest BCUT2D eigenvalue weighted by Crippen LogP contribution is 2.13. The SMILES string of the molecule is O.OCCNc1ccccc1CO. The molecule has 0 heterocycles. The van der Waals surface area contributed by atoms with Crippen LogP contribution in [0, 0.1) is 0 Å². The minimum absolute atomic E-state index is 0. The Labute approximate surface area is 77.1 Å². The Morgan fingerprint density at radius 3 is 2.46 bits per heavy atom. The predicted octanol–water partition coefficient (Wildman–Crippen LogP) is -0.242. The molecule has 1 rings (SSSR count). The zero-order valence-electron chi connectivity index (χ0n) is 7.33. The second kappa shape index (κ2) is 6.42. The van der Waals surface area contributed by atoms with Gasteiger partial charge in [-0.25, -0.2) is 0 Å². The van der Waals surface area contributed by atoms with E-state index in [-0.39, 0.29) is 18.7 Å². The van der Waals surface area contributed by atoms with Gasteiger partial charge in [-0.15, -0.1) is 0 Å². The molecule has 1 aromatic rings. The molecule has 0 fully saturated rings. The van der Waals surface area contributed by atoms with Gasteiger partial charge in [-0.3, -0.25) is 0 Å². The number of benzene rings is 1. The summed E-state index contributed by atoms with van der Waals surface area (Å²) in [5, 5.41) is 20.5. The Morgan fingerprint density at radius 1 is 1.15 bits per heavy atom. The topological polar surface area (TPSA) is 84.0 Å². The maximum atomic E-state index is 8.92. The maximum absolute atomic E-state index is 8.92. The zero-order chi connectivity index (χ0) is 8.81. The first-order valence-corrected chi connectivity index (χ1v) is 3.92. The van der Waals surface area contributed by atoms with Gasteiger partial charge < -0.3 is 21.0 Å². The predicted molar refractivity (Wildman–Crippen MR) is 51.6 cm³/mol. The summed E-state index contributed by atoms with van der Waals surface area (Å²) in [6.45, 7) is 0.630. The minimum atomic E-state index is 0. The molecule has 4 nitrogen and oxygen atoms in total. The summed E-state index contributed by atoms with van der Waals surface area (Å²) in [6, 6.07) is 7.48. The fraction of sp³-hybridized carbons (Fsp3) is 0.333. The van der Waals surface area contributed by atoms with E-state index in [2.05, 4.69) is 5.32 Å². The van der Waals surface area contributed by atoms with Crippen molar-refractivity contribution in [2.45, 2.75) is 6.61 Å². The van der Waals surface area contributed by atoms with Crippen LogP contribution in [-0.4, -0.2) is 28.8 Å². The molecule has 0 saturated heterocycles. The van der Waals surface area contributed by atoms with Crippen LogP contribution in [0.5, 0.6) is 0 Å². The molecule has 0 aromatic heterocycles. The summed E-state index contributed by atoms with van der Waals surface area (Å²) in [7, 11) is 0. The van der Waals surface area contributed by atoms with Crippen LogP contribution in [0.4, 0.5) is 5.69 Å². The van der Waals surface area contributed by atoms with E-state index < -0.39 is 0 Å². The van der Waals surface area contributed by atoms with Crippen molar-refractivity contribution in [2.24, 2.45) is 0 Å². The molecule has 0 amide bonds. The molecule has 0 aliphatic rings. The summed E-state index contributed by atoms with van der Waals surface area (Å²) < 4.78 is 0. The lowest BCUT2D eigenvalue weighted by atomic mass is 10.2. The van der Waals surface area contributed by atoms with Crippen LogP contribution in [0.3, 0.4) is 0 Å². The van der Waals surface area contributed by atoms with E-state index in [1.54, 1.807) is 0 Å². The first-order valence-electron chi connectivity index (χ1n) is 3.92. The number of anilines is 1. The Bertz CT molecular complexity index is 240. The lowest BCUT2D eigenvalue weighted by molar-refractivity contribution is 0.282. The summed E-state index contributed by atoms with van der Waals surface area (Å²) in [5.74, 6) is 0. The van der Waals surface area contributed by atoms with Crippen LogP contribution >= 0.6 is 0 Å². The lowest BCUT2D eigenvalue weighted by Crippen LogP contribution is -2.07. The summed E-state index contributed by atoms with van der Waals surface area (Å²) in [4.78, 5) is 0. The third kappa shape index (κ3) is 3.42. The number of nitrogens with one attached hydrogen (secondary N) is 1. The fourth-order valence-corrected chi connectivity index (χ4v) is 1.02. The van der Waals surface area contributed by atoms with Gasteiger partial charge in [0.15, 0.2) is 0 Å². The van der Waals surface area contributed by atoms with Crippen LogP contribution in [-0.2, 0) is 6.61 Å². The number of hydrogen-bond donors (Lipinski definition) is 3. The van der Waals surface area contributed by atoms with Crippen molar-refractivity contribution in [3.63, 3.8) is 0 Å². The molecule has 1 aromatic carbocycles. The number of rotatable bonds is 4. The average molecular weight is 185 g/mol. The van der Waals surface area contributed by atoms with E-state index in [9.17, 15) is 0 Å². The Kier molecular flexibility index (Phi) is 5.88. The largest absolute Gasteiger partial charge is 0.412 e. The fourth-order valence-electron chi connectivity index (χ4n) is 1.02. The molecule has 0 unspecified atom stereocenters. The standard InChI is InChI=1S/C9H13NO2.H2O/c11-6-5-10-9-4-2-1-3-8(9)7-12;/h1-4,10-12H,5-7H2;1H2. The Balaban J connectivity index is 0.00000144. The van der Waals surface area contributed by atoms with Crippen molar-refractivity contribution >= 4 is 5.69 Å². The van der Waals surface area contributed by atoms with Crippen LogP contribution in [0.15, 0.2) is 24.3 Å². The van der Waals surface area contributed by atoms with E-state index in [1.807, 2.05) is 24.3 Å². The molecule has 13 heavy (non-hydrogen) atoms. The molecule has 0 bridgehead atoms. The van der Waals surface area contributed by atoms with Gasteiger partial charge in [-0.05, 0) is 6.07 Å². The zero-order valence-corrected chi connectivity index (χ0v) is 7.33. The molecule has 0 aliphatic heterocycles. The third-order valence-corrected chi connectivity index (χ3v) is 1.61. The van der Waals surface area contributed by atoms with Gasteiger partial charge in [-0.2, -0.15) is 0 Å². The number of hydrogen-bond acceptors (Lipinski definition) is 3. The first kappa shape index (κ1) is 11.9. The molecule has 0 aliphatic carbocycles. The van der Waals surface area contributed by atoms with Crippen molar-refractivity contribution in [2.75, 3.05) is 18.5 Å². The molecule has 0 atom stereocenters. The first-order chi connectivity index (χ1) is 5.88. The van der Waals surface area contributed by atoms with Crippen molar-refractivity contribution in [3.05, 3.63) is 29.8 Å². The van der Waals surface area contributed by atoms with Crippen LogP contribution in [0.2, 0.25) is 0 Å². The van der Waals surface area contributed by atoms with Crippen molar-refractivity contribution < 1.29 is 15.7 Å². The molecule has 74 valence electrons. The van der Waals surface area contributed by atoms with E-state index in [0.29, 0.717) is 6.54 Å². The van der Waals surface area contributed by atoms with Gasteiger partial charge in [-0.1, -0.05) is 18.2 Å². The van der Waals surface area contributed by atoms with Crippen molar-refractivity contribution in [3.8, 4) is 0 Å². The summed E-state index contributed by atoms with van der Waals surface area (Å²) in [5.41, 5.74) is 1.74. The smallest absolute Gasteiger partial charge is 0.0701 e. The number of aliphatic hydroxyl groups is 2. The third-order valence-electron chi connectivity index (χ3n) is 1.61. The van der Waals surface area contributed by atoms with Crippen LogP contribution < -0.4 is 5.32 Å². The molecular formula is C9H15NO3. The quantitative estimate of drug-likeness (QED) is 0.605. The monoisotopic (exact) mass is 185 g/mol. The minimum Gasteiger partial charge on any atom is -0.412 e.